The maximum absolute atomic E-state index is 13.3. The van der Waals surface area contributed by atoms with Crippen molar-refractivity contribution in [1.29, 1.82) is 0 Å². The molecule has 0 fully saturated rings. The summed E-state index contributed by atoms with van der Waals surface area (Å²) in [7, 11) is 1.63. The molecule has 138 valence electrons. The van der Waals surface area contributed by atoms with Crippen molar-refractivity contribution >= 4 is 23.5 Å². The number of carbonyl (C=O) groups is 1. The Hall–Kier alpha value is -2.80. The molecule has 0 spiro atoms. The number of amides is 1. The molecule has 0 saturated heterocycles. The average molecular weight is 383 g/mol. The second-order valence-corrected chi connectivity index (χ2v) is 7.34. The molecule has 3 aromatic rings. The van der Waals surface area contributed by atoms with Gasteiger partial charge < -0.3 is 10.1 Å². The number of halogens is 1. The van der Waals surface area contributed by atoms with Gasteiger partial charge >= 0.3 is 0 Å². The number of nitrogens with zero attached hydrogens (tertiary/aromatic N) is 2. The maximum Gasteiger partial charge on any atom is 0.235 e. The molecular formula is C20H18FN3O2S. The van der Waals surface area contributed by atoms with Gasteiger partial charge in [-0.3, -0.25) is 4.79 Å². The lowest BCUT2D eigenvalue weighted by atomic mass is 10.0. The zero-order chi connectivity index (χ0) is 19.0. The van der Waals surface area contributed by atoms with Crippen molar-refractivity contribution in [3.63, 3.8) is 0 Å². The molecule has 1 aliphatic heterocycles. The van der Waals surface area contributed by atoms with Gasteiger partial charge in [0.25, 0.3) is 0 Å². The first-order valence-electron chi connectivity index (χ1n) is 8.47. The first-order chi connectivity index (χ1) is 13.1. The maximum atomic E-state index is 13.3. The third kappa shape index (κ3) is 3.30. The minimum atomic E-state index is -0.315. The van der Waals surface area contributed by atoms with Crippen molar-refractivity contribution < 1.29 is 13.9 Å². The normalized spacial score (nSPS) is 16.4. The van der Waals surface area contributed by atoms with E-state index in [1.165, 1.54) is 12.1 Å². The van der Waals surface area contributed by atoms with E-state index in [-0.39, 0.29) is 17.0 Å². The standard InChI is InChI=1S/C20H18FN3O2S/c1-12-18-19(13-3-9-16(26-2)10-4-13)27-11-17(25)22-20(18)24(23-12)15-7-5-14(21)6-8-15/h3-10,19H,11H2,1-2H3,(H,22,25). The molecular weight excluding hydrogens is 365 g/mol. The van der Waals surface area contributed by atoms with Gasteiger partial charge in [0, 0.05) is 5.56 Å². The predicted octanol–water partition coefficient (Wildman–Crippen LogP) is 4.10. The summed E-state index contributed by atoms with van der Waals surface area (Å²) in [5, 5.41) is 7.55. The minimum Gasteiger partial charge on any atom is -0.497 e. The minimum absolute atomic E-state index is 0.0425. The van der Waals surface area contributed by atoms with Crippen LogP contribution in [0.1, 0.15) is 22.1 Å². The molecule has 7 heteroatoms. The molecule has 0 saturated carbocycles. The highest BCUT2D eigenvalue weighted by Crippen LogP contribution is 2.44. The Kier molecular flexibility index (Phi) is 4.61. The van der Waals surface area contributed by atoms with Crippen molar-refractivity contribution in [2.75, 3.05) is 18.2 Å². The van der Waals surface area contributed by atoms with E-state index in [4.69, 9.17) is 4.74 Å². The van der Waals surface area contributed by atoms with E-state index in [1.54, 1.807) is 35.7 Å². The number of nitrogens with one attached hydrogen (secondary N) is 1. The average Bonchev–Trinajstić information content (AvgIpc) is 2.88. The van der Waals surface area contributed by atoms with Gasteiger partial charge in [0.15, 0.2) is 0 Å². The predicted molar refractivity (Wildman–Crippen MR) is 104 cm³/mol. The molecule has 2 heterocycles. The highest BCUT2D eigenvalue weighted by molar-refractivity contribution is 8.00. The van der Waals surface area contributed by atoms with Crippen LogP contribution in [-0.4, -0.2) is 28.6 Å². The summed E-state index contributed by atoms with van der Waals surface area (Å²) in [5.41, 5.74) is 3.55. The van der Waals surface area contributed by atoms with Crippen LogP contribution in [0.5, 0.6) is 5.75 Å². The summed E-state index contributed by atoms with van der Waals surface area (Å²) in [5.74, 6) is 1.36. The van der Waals surface area contributed by atoms with Gasteiger partial charge in [-0.15, -0.1) is 11.8 Å². The number of aromatic nitrogens is 2. The van der Waals surface area contributed by atoms with Crippen molar-refractivity contribution in [3.8, 4) is 11.4 Å². The summed E-state index contributed by atoms with van der Waals surface area (Å²) in [6.07, 6.45) is 0. The third-order valence-electron chi connectivity index (χ3n) is 4.50. The zero-order valence-electron chi connectivity index (χ0n) is 14.9. The Morgan fingerprint density at radius 2 is 1.89 bits per heavy atom. The summed E-state index contributed by atoms with van der Waals surface area (Å²) in [6.45, 7) is 1.92. The monoisotopic (exact) mass is 383 g/mol. The second kappa shape index (κ2) is 7.08. The fourth-order valence-corrected chi connectivity index (χ4v) is 4.38. The van der Waals surface area contributed by atoms with Gasteiger partial charge in [0.1, 0.15) is 17.4 Å². The smallest absolute Gasteiger partial charge is 0.235 e. The number of hydrogen-bond donors (Lipinski definition) is 1. The molecule has 1 aliphatic rings. The number of methoxy groups -OCH3 is 1. The Morgan fingerprint density at radius 3 is 2.56 bits per heavy atom. The number of rotatable bonds is 3. The first-order valence-corrected chi connectivity index (χ1v) is 9.52. The summed E-state index contributed by atoms with van der Waals surface area (Å²) < 4.78 is 20.2. The van der Waals surface area contributed by atoms with Crippen LogP contribution in [0.25, 0.3) is 5.69 Å². The molecule has 0 radical (unpaired) electrons. The van der Waals surface area contributed by atoms with E-state index in [9.17, 15) is 9.18 Å². The van der Waals surface area contributed by atoms with Crippen molar-refractivity contribution in [3.05, 3.63) is 71.2 Å². The van der Waals surface area contributed by atoms with Crippen LogP contribution in [0.2, 0.25) is 0 Å². The SMILES string of the molecule is COc1ccc(C2SCC(=O)Nc3c2c(C)nn3-c2ccc(F)cc2)cc1. The number of aryl methyl sites for hydroxylation is 1. The van der Waals surface area contributed by atoms with Crippen molar-refractivity contribution in [1.82, 2.24) is 9.78 Å². The van der Waals surface area contributed by atoms with E-state index in [0.29, 0.717) is 17.3 Å². The topological polar surface area (TPSA) is 56.1 Å². The molecule has 1 atom stereocenters. The van der Waals surface area contributed by atoms with E-state index in [1.807, 2.05) is 31.2 Å². The molecule has 1 amide bonds. The van der Waals surface area contributed by atoms with Gasteiger partial charge in [-0.2, -0.15) is 5.10 Å². The fourth-order valence-electron chi connectivity index (χ4n) is 3.19. The lowest BCUT2D eigenvalue weighted by Gasteiger charge is -2.16. The Morgan fingerprint density at radius 1 is 1.19 bits per heavy atom. The van der Waals surface area contributed by atoms with Gasteiger partial charge in [-0.1, -0.05) is 12.1 Å². The molecule has 1 N–H and O–H groups in total. The largest absolute Gasteiger partial charge is 0.497 e. The second-order valence-electron chi connectivity index (χ2n) is 6.25. The van der Waals surface area contributed by atoms with Crippen LogP contribution in [0.4, 0.5) is 10.2 Å². The summed E-state index contributed by atoms with van der Waals surface area (Å²) in [6, 6.07) is 13.9. The van der Waals surface area contributed by atoms with Crippen LogP contribution in [0, 0.1) is 12.7 Å². The van der Waals surface area contributed by atoms with Crippen LogP contribution in [-0.2, 0) is 4.79 Å². The molecule has 0 bridgehead atoms. The van der Waals surface area contributed by atoms with Crippen LogP contribution in [0.15, 0.2) is 48.5 Å². The van der Waals surface area contributed by atoms with Gasteiger partial charge in [-0.25, -0.2) is 9.07 Å². The highest BCUT2D eigenvalue weighted by Gasteiger charge is 2.30. The van der Waals surface area contributed by atoms with Crippen LogP contribution in [0.3, 0.4) is 0 Å². The number of hydrogen-bond acceptors (Lipinski definition) is 4. The van der Waals surface area contributed by atoms with Gasteiger partial charge in [0.2, 0.25) is 5.91 Å². The Balaban J connectivity index is 1.84. The lowest BCUT2D eigenvalue weighted by Crippen LogP contribution is -2.15. The number of ether oxygens (including phenoxy) is 1. The van der Waals surface area contributed by atoms with Crippen LogP contribution < -0.4 is 10.1 Å². The highest BCUT2D eigenvalue weighted by atomic mass is 32.2. The molecule has 0 aliphatic carbocycles. The Bertz CT molecular complexity index is 984. The van der Waals surface area contributed by atoms with E-state index < -0.39 is 0 Å². The van der Waals surface area contributed by atoms with E-state index in [2.05, 4.69) is 10.4 Å². The van der Waals surface area contributed by atoms with Gasteiger partial charge in [-0.05, 0) is 48.9 Å². The molecule has 2 aromatic carbocycles. The molecule has 1 aromatic heterocycles. The summed E-state index contributed by atoms with van der Waals surface area (Å²) in [4.78, 5) is 12.3. The van der Waals surface area contributed by atoms with Crippen molar-refractivity contribution in [2.45, 2.75) is 12.2 Å². The Labute approximate surface area is 160 Å². The number of benzene rings is 2. The quantitative estimate of drug-likeness (QED) is 0.740. The summed E-state index contributed by atoms with van der Waals surface area (Å²) >= 11 is 1.56. The fraction of sp³-hybridized carbons (Fsp3) is 0.200. The van der Waals surface area contributed by atoms with Crippen molar-refractivity contribution in [2.24, 2.45) is 0 Å². The third-order valence-corrected chi connectivity index (χ3v) is 5.77. The molecule has 1 unspecified atom stereocenters. The molecule has 4 rings (SSSR count). The molecule has 27 heavy (non-hydrogen) atoms. The first kappa shape index (κ1) is 17.6. The number of carbonyl (C=O) groups excluding carboxylic acids is 1. The van der Waals surface area contributed by atoms with Crippen LogP contribution >= 0.6 is 11.8 Å². The number of thioether (sulfide) groups is 1. The zero-order valence-corrected chi connectivity index (χ0v) is 15.7. The molecule has 5 nitrogen and oxygen atoms in total. The number of anilines is 1. The van der Waals surface area contributed by atoms with E-state index in [0.717, 1.165) is 22.6 Å². The van der Waals surface area contributed by atoms with Gasteiger partial charge in [0.05, 0.1) is 29.5 Å². The number of fused-ring (bicyclic) bond motifs is 1. The lowest BCUT2D eigenvalue weighted by molar-refractivity contribution is -0.113. The van der Waals surface area contributed by atoms with E-state index >= 15 is 0 Å².